The Morgan fingerprint density at radius 3 is 1.11 bits per heavy atom. The SMILES string of the molecule is CCCCCCCC/C=C\CCCCCCCCOP(=O)([O-])CCCCCCCC/C=C\CCCCCCCC.O=[PH]([O-])[O-].[Nd+3]. The van der Waals surface area contributed by atoms with E-state index in [4.69, 9.17) is 18.9 Å². The fourth-order valence-electron chi connectivity index (χ4n) is 5.17. The molecule has 0 fully saturated rings. The van der Waals surface area contributed by atoms with Crippen LogP contribution in [0.1, 0.15) is 194 Å². The van der Waals surface area contributed by atoms with Gasteiger partial charge in [-0.05, 0) is 64.2 Å². The molecule has 0 N–H and O–H groups in total. The molecule has 0 aliphatic heterocycles. The van der Waals surface area contributed by atoms with Crippen molar-refractivity contribution in [1.29, 1.82) is 0 Å². The minimum absolute atomic E-state index is 0. The molecular formula is C36H71NdO6P2. The molecule has 6 nitrogen and oxygen atoms in total. The molecule has 0 aliphatic carbocycles. The Balaban J connectivity index is -0.00000331. The van der Waals surface area contributed by atoms with Crippen LogP contribution in [-0.2, 0) is 13.7 Å². The van der Waals surface area contributed by atoms with Crippen LogP contribution in [0.5, 0.6) is 0 Å². The Bertz CT molecular complexity index is 686. The van der Waals surface area contributed by atoms with E-state index in [-0.39, 0.29) is 47.0 Å². The first kappa shape index (κ1) is 50.5. The summed E-state index contributed by atoms with van der Waals surface area (Å²) in [6, 6.07) is 0. The summed E-state index contributed by atoms with van der Waals surface area (Å²) in [6.45, 7) is 4.91. The van der Waals surface area contributed by atoms with Crippen molar-refractivity contribution in [3.63, 3.8) is 0 Å². The van der Waals surface area contributed by atoms with E-state index in [1.807, 2.05) is 0 Å². The molecule has 9 heteroatoms. The van der Waals surface area contributed by atoms with E-state index in [1.54, 1.807) is 0 Å². The quantitative estimate of drug-likeness (QED) is 0.0371. The van der Waals surface area contributed by atoms with E-state index in [0.29, 0.717) is 6.61 Å². The van der Waals surface area contributed by atoms with Crippen molar-refractivity contribution in [2.75, 3.05) is 12.8 Å². The molecule has 0 aromatic rings. The summed E-state index contributed by atoms with van der Waals surface area (Å²) in [6.07, 6.45) is 44.5. The molecule has 0 saturated heterocycles. The predicted molar refractivity (Wildman–Crippen MR) is 186 cm³/mol. The van der Waals surface area contributed by atoms with Gasteiger partial charge < -0.3 is 28.3 Å². The molecule has 0 aromatic carbocycles. The maximum atomic E-state index is 12.1. The molecule has 0 aliphatic rings. The average molecular weight is 806 g/mol. The first-order valence-electron chi connectivity index (χ1n) is 18.5. The molecule has 1 radical (unpaired) electrons. The smallest absolute Gasteiger partial charge is 0.813 e. The van der Waals surface area contributed by atoms with Crippen LogP contribution >= 0.6 is 15.9 Å². The van der Waals surface area contributed by atoms with Crippen LogP contribution < -0.4 is 14.7 Å². The molecule has 1 atom stereocenters. The molecule has 1 unspecified atom stereocenters. The van der Waals surface area contributed by atoms with Gasteiger partial charge in [0.25, 0.3) is 0 Å². The number of allylic oxidation sites excluding steroid dienone is 4. The van der Waals surface area contributed by atoms with Crippen molar-refractivity contribution in [2.24, 2.45) is 0 Å². The normalized spacial score (nSPS) is 12.8. The standard InChI is InChI=1S/C36H71O3P.Nd.H3O3P/c1-3-5-7-9-11-13-15-17-19-21-23-25-27-29-31-33-35-39-40(37,38)36-34-32-30-28-26-24-22-20-18-16-14-12-10-8-6-4-2;;1-4(2)3/h17-20H,3-16,21-36H2,1-2H3,(H,37,38);;4H,(H2,1,2,3)/q;+3;/p-3/b19-17-,20-18-;;. The molecule has 0 rings (SSSR count). The van der Waals surface area contributed by atoms with Crippen LogP contribution in [0.2, 0.25) is 0 Å². The average Bonchev–Trinajstić information content (AvgIpc) is 2.98. The number of hydrogen-bond donors (Lipinski definition) is 0. The Morgan fingerprint density at radius 1 is 0.511 bits per heavy atom. The topological polar surface area (TPSA) is 113 Å². The Kier molecular flexibility index (Phi) is 48.4. The maximum Gasteiger partial charge on any atom is 3.00 e. The van der Waals surface area contributed by atoms with E-state index < -0.39 is 15.9 Å². The summed E-state index contributed by atoms with van der Waals surface area (Å²) < 4.78 is 25.9. The summed E-state index contributed by atoms with van der Waals surface area (Å²) in [5, 5.41) is 0. The number of hydrogen-bond acceptors (Lipinski definition) is 6. The zero-order valence-corrected chi connectivity index (χ0v) is 34.5. The molecule has 0 spiro atoms. The van der Waals surface area contributed by atoms with Crippen LogP contribution in [0.15, 0.2) is 24.3 Å². The Labute approximate surface area is 313 Å². The van der Waals surface area contributed by atoms with Gasteiger partial charge in [-0.1, -0.05) is 162 Å². The van der Waals surface area contributed by atoms with Crippen molar-refractivity contribution in [3.05, 3.63) is 24.3 Å². The van der Waals surface area contributed by atoms with Crippen LogP contribution in [0.25, 0.3) is 0 Å². The van der Waals surface area contributed by atoms with Gasteiger partial charge in [0.1, 0.15) is 7.60 Å². The second-order valence-electron chi connectivity index (χ2n) is 12.3. The summed E-state index contributed by atoms with van der Waals surface area (Å²) in [4.78, 5) is 29.2. The second-order valence-corrected chi connectivity index (χ2v) is 14.7. The van der Waals surface area contributed by atoms with E-state index in [2.05, 4.69) is 38.2 Å². The maximum absolute atomic E-state index is 12.1. The van der Waals surface area contributed by atoms with Gasteiger partial charge in [0.2, 0.25) is 0 Å². The number of rotatable bonds is 33. The first-order chi connectivity index (χ1) is 21.4. The predicted octanol–water partition coefficient (Wildman–Crippen LogP) is 10.7. The largest absolute Gasteiger partial charge is 3.00 e. The van der Waals surface area contributed by atoms with Crippen LogP contribution in [0, 0.1) is 40.8 Å². The van der Waals surface area contributed by atoms with Crippen molar-refractivity contribution < 1.29 is 69.2 Å². The Morgan fingerprint density at radius 2 is 0.778 bits per heavy atom. The summed E-state index contributed by atoms with van der Waals surface area (Å²) in [5.74, 6) is 0. The minimum Gasteiger partial charge on any atom is -0.813 e. The monoisotopic (exact) mass is 803 g/mol. The summed E-state index contributed by atoms with van der Waals surface area (Å²) in [7, 11) is -7.27. The van der Waals surface area contributed by atoms with E-state index in [0.717, 1.165) is 32.1 Å². The molecule has 45 heavy (non-hydrogen) atoms. The third-order valence-corrected chi connectivity index (χ3v) is 9.33. The zero-order chi connectivity index (χ0) is 32.8. The summed E-state index contributed by atoms with van der Waals surface area (Å²) >= 11 is 0. The Hall–Kier alpha value is 1.13. The molecule has 0 amide bonds. The van der Waals surface area contributed by atoms with Crippen LogP contribution in [-0.4, -0.2) is 12.8 Å². The minimum atomic E-state index is -3.64. The summed E-state index contributed by atoms with van der Waals surface area (Å²) in [5.41, 5.74) is 0. The van der Waals surface area contributed by atoms with Gasteiger partial charge in [-0.3, -0.25) is 0 Å². The first-order valence-corrected chi connectivity index (χ1v) is 21.4. The van der Waals surface area contributed by atoms with E-state index in [1.165, 1.54) is 148 Å². The third kappa shape index (κ3) is 52.1. The molecular weight excluding hydrogens is 735 g/mol. The van der Waals surface area contributed by atoms with Gasteiger partial charge in [-0.2, -0.15) is 0 Å². The zero-order valence-electron chi connectivity index (χ0n) is 29.4. The molecule has 0 bridgehead atoms. The molecule has 265 valence electrons. The molecule has 0 aromatic heterocycles. The van der Waals surface area contributed by atoms with E-state index in [9.17, 15) is 9.46 Å². The van der Waals surface area contributed by atoms with Crippen molar-refractivity contribution in [3.8, 4) is 0 Å². The fraction of sp³-hybridized carbons (Fsp3) is 0.889. The van der Waals surface area contributed by atoms with Gasteiger partial charge in [0.15, 0.2) is 0 Å². The van der Waals surface area contributed by atoms with Gasteiger partial charge >= 0.3 is 40.8 Å². The second kappa shape index (κ2) is 43.2. The fourth-order valence-corrected chi connectivity index (χ4v) is 6.32. The van der Waals surface area contributed by atoms with Crippen molar-refractivity contribution >= 4 is 15.9 Å². The number of unbranched alkanes of at least 4 members (excludes halogenated alkanes) is 24. The van der Waals surface area contributed by atoms with Gasteiger partial charge in [-0.25, -0.2) is 0 Å². The van der Waals surface area contributed by atoms with Crippen LogP contribution in [0.3, 0.4) is 0 Å². The van der Waals surface area contributed by atoms with E-state index >= 15 is 0 Å². The van der Waals surface area contributed by atoms with Crippen LogP contribution in [0.4, 0.5) is 0 Å². The van der Waals surface area contributed by atoms with Crippen molar-refractivity contribution in [1.82, 2.24) is 0 Å². The van der Waals surface area contributed by atoms with Crippen molar-refractivity contribution in [2.45, 2.75) is 194 Å². The molecule has 0 heterocycles. The molecule has 0 saturated carbocycles. The van der Waals surface area contributed by atoms with Gasteiger partial charge in [-0.15, -0.1) is 0 Å². The third-order valence-electron chi connectivity index (χ3n) is 7.89. The van der Waals surface area contributed by atoms with Gasteiger partial charge in [0.05, 0.1) is 6.61 Å². The van der Waals surface area contributed by atoms with Gasteiger partial charge in [0, 0.05) is 6.16 Å².